The molecule has 0 unspecified atom stereocenters. The van der Waals surface area contributed by atoms with Gasteiger partial charge < -0.3 is 9.47 Å². The van der Waals surface area contributed by atoms with Gasteiger partial charge in [0.25, 0.3) is 0 Å². The number of carbonyl (C=O) groups excluding carboxylic acids is 1. The molecule has 124 valence electrons. The Balaban J connectivity index is 1.69. The van der Waals surface area contributed by atoms with Crippen LogP contribution in [0.25, 0.3) is 10.8 Å². The fraction of sp³-hybridized carbons (Fsp3) is 0.263. The molecule has 0 atom stereocenters. The van der Waals surface area contributed by atoms with Gasteiger partial charge in [0.1, 0.15) is 11.3 Å². The number of carbonyl (C=O) groups is 1. The van der Waals surface area contributed by atoms with Gasteiger partial charge in [-0.2, -0.15) is 5.10 Å². The number of aromatic amines is 1. The maximum Gasteiger partial charge on any atom is 0.341 e. The van der Waals surface area contributed by atoms with E-state index < -0.39 is 0 Å². The highest BCUT2D eigenvalue weighted by molar-refractivity contribution is 5.98. The van der Waals surface area contributed by atoms with E-state index in [0.29, 0.717) is 24.5 Å². The normalized spacial score (nSPS) is 10.7. The van der Waals surface area contributed by atoms with Crippen LogP contribution < -0.4 is 4.74 Å². The number of H-pyrrole nitrogens is 1. The highest BCUT2D eigenvalue weighted by atomic mass is 16.5. The minimum absolute atomic E-state index is 0.351. The molecule has 1 heterocycles. The van der Waals surface area contributed by atoms with Gasteiger partial charge in [-0.25, -0.2) is 4.79 Å². The molecule has 5 heteroatoms. The van der Waals surface area contributed by atoms with E-state index in [9.17, 15) is 4.79 Å². The Morgan fingerprint density at radius 2 is 2.00 bits per heavy atom. The van der Waals surface area contributed by atoms with E-state index in [0.717, 1.165) is 29.2 Å². The zero-order valence-electron chi connectivity index (χ0n) is 13.6. The molecule has 3 rings (SSSR count). The van der Waals surface area contributed by atoms with Crippen LogP contribution in [0.1, 0.15) is 29.3 Å². The van der Waals surface area contributed by atoms with Gasteiger partial charge >= 0.3 is 5.97 Å². The second-order valence-electron chi connectivity index (χ2n) is 5.47. The highest BCUT2D eigenvalue weighted by Gasteiger charge is 2.15. The van der Waals surface area contributed by atoms with Crippen molar-refractivity contribution in [3.05, 3.63) is 59.9 Å². The van der Waals surface area contributed by atoms with Crippen LogP contribution >= 0.6 is 0 Å². The van der Waals surface area contributed by atoms with Gasteiger partial charge in [0.15, 0.2) is 0 Å². The van der Waals surface area contributed by atoms with E-state index in [1.165, 1.54) is 0 Å². The Morgan fingerprint density at radius 3 is 2.71 bits per heavy atom. The zero-order chi connectivity index (χ0) is 16.8. The Morgan fingerprint density at radius 1 is 1.21 bits per heavy atom. The molecule has 0 aliphatic rings. The van der Waals surface area contributed by atoms with Gasteiger partial charge in [0.05, 0.1) is 19.4 Å². The first-order valence-corrected chi connectivity index (χ1v) is 8.08. The minimum Gasteiger partial charge on any atom is -0.493 e. The molecule has 0 spiro atoms. The standard InChI is InChI=1S/C19H20N2O3/c1-2-23-18-11-16-8-4-3-7-15(16)10-17(18)19(22)24-9-5-6-14-12-20-21-13-14/h3-4,7-8,10-13H,2,5-6,9H2,1H3,(H,20,21). The first-order valence-electron chi connectivity index (χ1n) is 8.08. The van der Waals surface area contributed by atoms with Gasteiger partial charge in [-0.05, 0) is 48.2 Å². The molecule has 1 aromatic heterocycles. The first-order chi connectivity index (χ1) is 11.8. The number of aromatic nitrogens is 2. The summed E-state index contributed by atoms with van der Waals surface area (Å²) in [5.41, 5.74) is 1.57. The lowest BCUT2D eigenvalue weighted by atomic mass is 10.1. The van der Waals surface area contributed by atoms with Gasteiger partial charge in [0.2, 0.25) is 0 Å². The summed E-state index contributed by atoms with van der Waals surface area (Å²) >= 11 is 0. The van der Waals surface area contributed by atoms with E-state index in [2.05, 4.69) is 10.2 Å². The van der Waals surface area contributed by atoms with Crippen molar-refractivity contribution in [2.45, 2.75) is 19.8 Å². The molecule has 3 aromatic rings. The summed E-state index contributed by atoms with van der Waals surface area (Å²) < 4.78 is 11.0. The monoisotopic (exact) mass is 324 g/mol. The number of benzene rings is 2. The van der Waals surface area contributed by atoms with Gasteiger partial charge in [-0.3, -0.25) is 5.10 Å². The van der Waals surface area contributed by atoms with Crippen LogP contribution in [0.2, 0.25) is 0 Å². The zero-order valence-corrected chi connectivity index (χ0v) is 13.6. The average Bonchev–Trinajstić information content (AvgIpc) is 3.11. The van der Waals surface area contributed by atoms with Crippen molar-refractivity contribution in [2.75, 3.05) is 13.2 Å². The summed E-state index contributed by atoms with van der Waals surface area (Å²) in [6.45, 7) is 2.76. The molecule has 0 aliphatic carbocycles. The molecule has 0 amide bonds. The Bertz CT molecular complexity index is 813. The molecule has 1 N–H and O–H groups in total. The van der Waals surface area contributed by atoms with Crippen LogP contribution in [0.4, 0.5) is 0 Å². The fourth-order valence-corrected chi connectivity index (χ4v) is 2.59. The Hall–Kier alpha value is -2.82. The van der Waals surface area contributed by atoms with E-state index in [1.807, 2.05) is 49.5 Å². The molecule has 2 aromatic carbocycles. The number of rotatable bonds is 7. The molecular formula is C19H20N2O3. The third-order valence-electron chi connectivity index (χ3n) is 3.77. The largest absolute Gasteiger partial charge is 0.493 e. The van der Waals surface area contributed by atoms with Crippen LogP contribution in [0.3, 0.4) is 0 Å². The second kappa shape index (κ2) is 7.64. The number of nitrogens with zero attached hydrogens (tertiary/aromatic N) is 1. The Labute approximate surface area is 140 Å². The van der Waals surface area contributed by atoms with Gasteiger partial charge in [-0.15, -0.1) is 0 Å². The lowest BCUT2D eigenvalue weighted by molar-refractivity contribution is 0.0496. The number of aryl methyl sites for hydroxylation is 1. The fourth-order valence-electron chi connectivity index (χ4n) is 2.59. The van der Waals surface area contributed by atoms with Gasteiger partial charge in [-0.1, -0.05) is 24.3 Å². The summed E-state index contributed by atoms with van der Waals surface area (Å²) in [5.74, 6) is 0.215. The van der Waals surface area contributed by atoms with Crippen LogP contribution in [-0.2, 0) is 11.2 Å². The summed E-state index contributed by atoms with van der Waals surface area (Å²) in [5, 5.41) is 8.70. The van der Waals surface area contributed by atoms with Crippen LogP contribution in [-0.4, -0.2) is 29.4 Å². The van der Waals surface area contributed by atoms with E-state index in [4.69, 9.17) is 9.47 Å². The lowest BCUT2D eigenvalue weighted by Gasteiger charge is -2.12. The molecular weight excluding hydrogens is 304 g/mol. The maximum absolute atomic E-state index is 12.4. The topological polar surface area (TPSA) is 64.2 Å². The molecule has 0 saturated heterocycles. The molecule has 0 aliphatic heterocycles. The average molecular weight is 324 g/mol. The van der Waals surface area contributed by atoms with E-state index in [-0.39, 0.29) is 5.97 Å². The molecule has 0 saturated carbocycles. The SMILES string of the molecule is CCOc1cc2ccccc2cc1C(=O)OCCCc1cn[nH]c1. The molecule has 24 heavy (non-hydrogen) atoms. The van der Waals surface area contributed by atoms with Crippen molar-refractivity contribution in [3.63, 3.8) is 0 Å². The van der Waals surface area contributed by atoms with Crippen molar-refractivity contribution in [1.29, 1.82) is 0 Å². The molecule has 0 fully saturated rings. The number of nitrogens with one attached hydrogen (secondary N) is 1. The predicted molar refractivity (Wildman–Crippen MR) is 92.3 cm³/mol. The molecule has 0 radical (unpaired) electrons. The van der Waals surface area contributed by atoms with Crippen molar-refractivity contribution < 1.29 is 14.3 Å². The molecule has 5 nitrogen and oxygen atoms in total. The van der Waals surface area contributed by atoms with Crippen molar-refractivity contribution in [2.24, 2.45) is 0 Å². The lowest BCUT2D eigenvalue weighted by Crippen LogP contribution is -2.09. The highest BCUT2D eigenvalue weighted by Crippen LogP contribution is 2.27. The Kier molecular flexibility index (Phi) is 5.11. The van der Waals surface area contributed by atoms with Crippen molar-refractivity contribution in [1.82, 2.24) is 10.2 Å². The van der Waals surface area contributed by atoms with Crippen molar-refractivity contribution >= 4 is 16.7 Å². The summed E-state index contributed by atoms with van der Waals surface area (Å²) in [6.07, 6.45) is 5.19. The first kappa shape index (κ1) is 16.1. The maximum atomic E-state index is 12.4. The van der Waals surface area contributed by atoms with E-state index >= 15 is 0 Å². The third-order valence-corrected chi connectivity index (χ3v) is 3.77. The number of hydrogen-bond donors (Lipinski definition) is 1. The van der Waals surface area contributed by atoms with Crippen molar-refractivity contribution in [3.8, 4) is 5.75 Å². The third kappa shape index (κ3) is 3.74. The number of ether oxygens (including phenoxy) is 2. The number of esters is 1. The number of fused-ring (bicyclic) bond motifs is 1. The van der Waals surface area contributed by atoms with Crippen LogP contribution in [0, 0.1) is 0 Å². The quantitative estimate of drug-likeness (QED) is 0.531. The minimum atomic E-state index is -0.351. The van der Waals surface area contributed by atoms with E-state index in [1.54, 1.807) is 6.20 Å². The summed E-state index contributed by atoms with van der Waals surface area (Å²) in [7, 11) is 0. The summed E-state index contributed by atoms with van der Waals surface area (Å²) in [4.78, 5) is 12.4. The van der Waals surface area contributed by atoms with Crippen LogP contribution in [0.15, 0.2) is 48.8 Å². The second-order valence-corrected chi connectivity index (χ2v) is 5.47. The predicted octanol–water partition coefficient (Wildman–Crippen LogP) is 3.75. The molecule has 0 bridgehead atoms. The smallest absolute Gasteiger partial charge is 0.341 e. The van der Waals surface area contributed by atoms with Gasteiger partial charge in [0, 0.05) is 6.20 Å². The number of hydrogen-bond acceptors (Lipinski definition) is 4. The summed E-state index contributed by atoms with van der Waals surface area (Å²) in [6, 6.07) is 11.6. The van der Waals surface area contributed by atoms with Crippen LogP contribution in [0.5, 0.6) is 5.75 Å².